The predicted octanol–water partition coefficient (Wildman–Crippen LogP) is 8.30. The van der Waals surface area contributed by atoms with Crippen LogP contribution in [0.3, 0.4) is 0 Å². The maximum absolute atomic E-state index is 6.62. The Morgan fingerprint density at radius 1 is 0.786 bits per heavy atom. The molecule has 1 unspecified atom stereocenters. The first-order chi connectivity index (χ1) is 13.4. The summed E-state index contributed by atoms with van der Waals surface area (Å²) >= 11 is 6.62. The van der Waals surface area contributed by atoms with Crippen molar-refractivity contribution in [1.82, 2.24) is 0 Å². The molecule has 0 fully saturated rings. The van der Waals surface area contributed by atoms with E-state index in [4.69, 9.17) is 16.3 Å². The van der Waals surface area contributed by atoms with Crippen molar-refractivity contribution in [2.45, 2.75) is 46.1 Å². The first-order valence-electron chi connectivity index (χ1n) is 10.1. The smallest absolute Gasteiger partial charge is 0.124 e. The Balaban J connectivity index is 1.82. The molecule has 0 N–H and O–H groups in total. The van der Waals surface area contributed by atoms with Crippen molar-refractivity contribution in [3.05, 3.63) is 88.9 Å². The zero-order valence-electron chi connectivity index (χ0n) is 17.2. The van der Waals surface area contributed by atoms with Gasteiger partial charge in [-0.3, -0.25) is 0 Å². The molecule has 0 aliphatic rings. The Kier molecular flexibility index (Phi) is 6.80. The molecule has 0 bridgehead atoms. The molecule has 146 valence electrons. The lowest BCUT2D eigenvalue weighted by molar-refractivity contribution is 0.177. The van der Waals surface area contributed by atoms with E-state index >= 15 is 0 Å². The van der Waals surface area contributed by atoms with Gasteiger partial charge >= 0.3 is 0 Å². The Bertz CT molecular complexity index is 882. The van der Waals surface area contributed by atoms with E-state index < -0.39 is 0 Å². The van der Waals surface area contributed by atoms with Gasteiger partial charge in [-0.15, -0.1) is 0 Å². The molecular formula is C26H29ClO. The second kappa shape index (κ2) is 9.30. The summed E-state index contributed by atoms with van der Waals surface area (Å²) in [5.41, 5.74) is 4.69. The molecule has 0 aromatic heterocycles. The highest BCUT2D eigenvalue weighted by Gasteiger charge is 2.16. The van der Waals surface area contributed by atoms with Crippen molar-refractivity contribution in [2.24, 2.45) is 5.92 Å². The van der Waals surface area contributed by atoms with Crippen LogP contribution >= 0.6 is 11.6 Å². The fourth-order valence-electron chi connectivity index (χ4n) is 3.36. The largest absolute Gasteiger partial charge is 0.486 e. The number of ether oxygens (including phenoxy) is 1. The van der Waals surface area contributed by atoms with Crippen molar-refractivity contribution in [1.29, 1.82) is 0 Å². The molecule has 0 saturated heterocycles. The molecule has 0 aliphatic carbocycles. The van der Waals surface area contributed by atoms with E-state index in [-0.39, 0.29) is 6.10 Å². The van der Waals surface area contributed by atoms with E-state index in [2.05, 4.69) is 82.3 Å². The van der Waals surface area contributed by atoms with Crippen LogP contribution in [0, 0.1) is 5.92 Å². The van der Waals surface area contributed by atoms with Crippen LogP contribution in [0.4, 0.5) is 0 Å². The average molecular weight is 393 g/mol. The maximum Gasteiger partial charge on any atom is 0.124 e. The number of halogens is 1. The van der Waals surface area contributed by atoms with Crippen LogP contribution in [-0.4, -0.2) is 0 Å². The van der Waals surface area contributed by atoms with E-state index in [0.29, 0.717) is 16.9 Å². The van der Waals surface area contributed by atoms with Crippen molar-refractivity contribution in [3.8, 4) is 16.9 Å². The molecule has 0 radical (unpaired) electrons. The number of rotatable bonds is 7. The minimum atomic E-state index is 0.0217. The number of hydrogen-bond acceptors (Lipinski definition) is 1. The average Bonchev–Trinajstić information content (AvgIpc) is 2.68. The fraction of sp³-hybridized carbons (Fsp3) is 0.308. The van der Waals surface area contributed by atoms with Gasteiger partial charge in [-0.2, -0.15) is 0 Å². The lowest BCUT2D eigenvalue weighted by Crippen LogP contribution is -2.10. The van der Waals surface area contributed by atoms with Gasteiger partial charge < -0.3 is 4.74 Å². The summed E-state index contributed by atoms with van der Waals surface area (Å²) in [7, 11) is 0. The topological polar surface area (TPSA) is 9.23 Å². The fourth-order valence-corrected chi connectivity index (χ4v) is 3.64. The molecule has 2 heteroatoms. The third-order valence-corrected chi connectivity index (χ3v) is 5.28. The van der Waals surface area contributed by atoms with Gasteiger partial charge in [0.1, 0.15) is 11.9 Å². The molecule has 1 nitrogen and oxygen atoms in total. The van der Waals surface area contributed by atoms with Crippen LogP contribution in [-0.2, 0) is 0 Å². The van der Waals surface area contributed by atoms with Crippen LogP contribution < -0.4 is 4.74 Å². The highest BCUT2D eigenvalue weighted by molar-refractivity contribution is 6.33. The quantitative estimate of drug-likeness (QED) is 0.392. The summed E-state index contributed by atoms with van der Waals surface area (Å²) in [4.78, 5) is 0. The van der Waals surface area contributed by atoms with Gasteiger partial charge in [0, 0.05) is 5.56 Å². The van der Waals surface area contributed by atoms with Crippen LogP contribution in [0.15, 0.2) is 72.8 Å². The van der Waals surface area contributed by atoms with Gasteiger partial charge in [0.25, 0.3) is 0 Å². The zero-order chi connectivity index (χ0) is 20.1. The van der Waals surface area contributed by atoms with Gasteiger partial charge in [-0.1, -0.05) is 93.9 Å². The Hall–Kier alpha value is -2.25. The summed E-state index contributed by atoms with van der Waals surface area (Å²) in [5.74, 6) is 1.87. The molecule has 0 heterocycles. The highest BCUT2D eigenvalue weighted by Crippen LogP contribution is 2.34. The molecule has 3 aromatic carbocycles. The molecule has 3 aromatic rings. The molecule has 0 amide bonds. The second-order valence-corrected chi connectivity index (χ2v) is 8.47. The molecule has 0 spiro atoms. The van der Waals surface area contributed by atoms with Gasteiger partial charge in [0.15, 0.2) is 0 Å². The van der Waals surface area contributed by atoms with E-state index in [1.54, 1.807) is 0 Å². The highest BCUT2D eigenvalue weighted by atomic mass is 35.5. The third kappa shape index (κ3) is 5.17. The summed E-state index contributed by atoms with van der Waals surface area (Å²) in [5, 5.41) is 0.714. The van der Waals surface area contributed by atoms with Crippen molar-refractivity contribution in [2.75, 3.05) is 0 Å². The lowest BCUT2D eigenvalue weighted by Gasteiger charge is -2.22. The Morgan fingerprint density at radius 2 is 1.46 bits per heavy atom. The van der Waals surface area contributed by atoms with E-state index in [1.807, 2.05) is 18.2 Å². The monoisotopic (exact) mass is 392 g/mol. The Labute approximate surface area is 174 Å². The summed E-state index contributed by atoms with van der Waals surface area (Å²) in [6.45, 7) is 8.84. The summed E-state index contributed by atoms with van der Waals surface area (Å²) in [6, 6.07) is 25.0. The van der Waals surface area contributed by atoms with Crippen molar-refractivity contribution < 1.29 is 4.74 Å². The SMILES string of the molecule is CC(C)CC(Oc1ccc(-c2ccc(C(C)C)cc2)c(Cl)c1)c1ccccc1. The second-order valence-electron chi connectivity index (χ2n) is 8.07. The van der Waals surface area contributed by atoms with Crippen molar-refractivity contribution >= 4 is 11.6 Å². The van der Waals surface area contributed by atoms with E-state index in [1.165, 1.54) is 11.1 Å². The predicted molar refractivity (Wildman–Crippen MR) is 120 cm³/mol. The van der Waals surface area contributed by atoms with Gasteiger partial charge in [-0.25, -0.2) is 0 Å². The van der Waals surface area contributed by atoms with Crippen LogP contribution in [0.2, 0.25) is 5.02 Å². The molecule has 28 heavy (non-hydrogen) atoms. The number of hydrogen-bond donors (Lipinski definition) is 0. The zero-order valence-corrected chi connectivity index (χ0v) is 17.9. The summed E-state index contributed by atoms with van der Waals surface area (Å²) < 4.78 is 6.35. The molecule has 0 saturated carbocycles. The lowest BCUT2D eigenvalue weighted by atomic mass is 9.98. The minimum absolute atomic E-state index is 0.0217. The number of benzene rings is 3. The van der Waals surface area contributed by atoms with Gasteiger partial charge in [0.05, 0.1) is 5.02 Å². The molecule has 0 aliphatic heterocycles. The Morgan fingerprint density at radius 3 is 2.04 bits per heavy atom. The third-order valence-electron chi connectivity index (χ3n) is 4.96. The first kappa shape index (κ1) is 20.5. The van der Waals surface area contributed by atoms with Crippen LogP contribution in [0.25, 0.3) is 11.1 Å². The van der Waals surface area contributed by atoms with Crippen molar-refractivity contribution in [3.63, 3.8) is 0 Å². The molecule has 3 rings (SSSR count). The molecule has 1 atom stereocenters. The minimum Gasteiger partial charge on any atom is -0.486 e. The molecular weight excluding hydrogens is 364 g/mol. The maximum atomic E-state index is 6.62. The van der Waals surface area contributed by atoms with E-state index in [0.717, 1.165) is 23.3 Å². The van der Waals surface area contributed by atoms with Gasteiger partial charge in [0.2, 0.25) is 0 Å². The van der Waals surface area contributed by atoms with E-state index in [9.17, 15) is 0 Å². The van der Waals surface area contributed by atoms with Gasteiger partial charge in [-0.05, 0) is 53.1 Å². The van der Waals surface area contributed by atoms with Crippen LogP contribution in [0.1, 0.15) is 57.3 Å². The first-order valence-corrected chi connectivity index (χ1v) is 10.4. The normalized spacial score (nSPS) is 12.4. The standard InChI is InChI=1S/C26H29ClO/c1-18(2)16-26(22-8-6-5-7-9-22)28-23-14-15-24(25(27)17-23)21-12-10-20(11-13-21)19(3)4/h5-15,17-19,26H,16H2,1-4H3. The summed E-state index contributed by atoms with van der Waals surface area (Å²) in [6.07, 6.45) is 0.980. The van der Waals surface area contributed by atoms with Crippen LogP contribution in [0.5, 0.6) is 5.75 Å².